The number of hydrogen-bond acceptors (Lipinski definition) is 3. The highest BCUT2D eigenvalue weighted by molar-refractivity contribution is 14.0. The molecule has 3 aromatic rings. The minimum atomic E-state index is 0. The number of aryl methyl sites for hydroxylation is 1. The Morgan fingerprint density at radius 1 is 1.15 bits per heavy atom. The molecule has 0 bridgehead atoms. The fourth-order valence-electron chi connectivity index (χ4n) is 2.45. The van der Waals surface area contributed by atoms with Gasteiger partial charge < -0.3 is 15.8 Å². The number of benzene rings is 2. The summed E-state index contributed by atoms with van der Waals surface area (Å²) < 4.78 is 6.99. The van der Waals surface area contributed by atoms with Crippen molar-refractivity contribution in [2.75, 3.05) is 12.4 Å². The molecule has 3 rings (SSSR count). The molecule has 3 N–H and O–H groups in total. The Morgan fingerprint density at radius 2 is 1.88 bits per heavy atom. The van der Waals surface area contributed by atoms with Crippen LogP contribution in [0.2, 0.25) is 0 Å². The van der Waals surface area contributed by atoms with E-state index in [1.54, 1.807) is 7.11 Å². The van der Waals surface area contributed by atoms with E-state index in [-0.39, 0.29) is 24.0 Å². The van der Waals surface area contributed by atoms with Crippen LogP contribution in [0.15, 0.2) is 65.8 Å². The second kappa shape index (κ2) is 9.23. The lowest BCUT2D eigenvalue weighted by Gasteiger charge is -2.09. The number of nitrogens with zero attached hydrogens (tertiary/aromatic N) is 3. The van der Waals surface area contributed by atoms with Gasteiger partial charge in [-0.3, -0.25) is 0 Å². The highest BCUT2D eigenvalue weighted by Gasteiger charge is 2.05. The van der Waals surface area contributed by atoms with Crippen LogP contribution in [0.25, 0.3) is 5.69 Å². The molecule has 0 aliphatic heterocycles. The average Bonchev–Trinajstić information content (AvgIpc) is 3.07. The minimum Gasteiger partial charge on any atom is -0.497 e. The van der Waals surface area contributed by atoms with Gasteiger partial charge in [0.25, 0.3) is 0 Å². The fraction of sp³-hybridized carbons (Fsp3) is 0.158. The van der Waals surface area contributed by atoms with E-state index >= 15 is 0 Å². The third kappa shape index (κ3) is 4.98. The van der Waals surface area contributed by atoms with Gasteiger partial charge in [0.15, 0.2) is 5.96 Å². The van der Waals surface area contributed by atoms with Crippen LogP contribution in [0.5, 0.6) is 5.75 Å². The zero-order valence-corrected chi connectivity index (χ0v) is 17.0. The van der Waals surface area contributed by atoms with Crippen LogP contribution in [0.4, 0.5) is 5.69 Å². The number of para-hydroxylation sites is 1. The van der Waals surface area contributed by atoms with Gasteiger partial charge in [-0.2, -0.15) is 5.10 Å². The number of nitrogens with one attached hydrogen (secondary N) is 1. The van der Waals surface area contributed by atoms with Crippen LogP contribution in [-0.2, 0) is 6.54 Å². The molecule has 136 valence electrons. The summed E-state index contributed by atoms with van der Waals surface area (Å²) in [6.45, 7) is 2.43. The molecule has 0 amide bonds. The monoisotopic (exact) mass is 463 g/mol. The molecule has 0 saturated carbocycles. The summed E-state index contributed by atoms with van der Waals surface area (Å²) in [4.78, 5) is 4.44. The molecule has 0 spiro atoms. The molecule has 6 nitrogen and oxygen atoms in total. The van der Waals surface area contributed by atoms with Gasteiger partial charge in [0.05, 0.1) is 25.0 Å². The fourth-order valence-corrected chi connectivity index (χ4v) is 2.45. The van der Waals surface area contributed by atoms with Crippen LogP contribution in [0, 0.1) is 6.92 Å². The van der Waals surface area contributed by atoms with Crippen LogP contribution >= 0.6 is 24.0 Å². The molecule has 0 radical (unpaired) electrons. The van der Waals surface area contributed by atoms with Gasteiger partial charge in [-0.05, 0) is 48.9 Å². The maximum atomic E-state index is 6.00. The highest BCUT2D eigenvalue weighted by Crippen LogP contribution is 2.16. The topological polar surface area (TPSA) is 77.5 Å². The standard InChI is InChI=1S/C19H21N5O.HI/c1-14-11-12-24(23-14)18-6-4-3-5-15(18)13-21-19(20)22-16-7-9-17(25-2)10-8-16;/h3-12H,13H2,1-2H3,(H3,20,21,22);1H. The second-order valence-electron chi connectivity index (χ2n) is 5.59. The third-order valence-electron chi connectivity index (χ3n) is 3.74. The normalized spacial score (nSPS) is 10.9. The van der Waals surface area contributed by atoms with Gasteiger partial charge >= 0.3 is 0 Å². The van der Waals surface area contributed by atoms with Crippen LogP contribution < -0.4 is 15.8 Å². The number of aromatic nitrogens is 2. The molecule has 0 saturated heterocycles. The van der Waals surface area contributed by atoms with E-state index in [1.807, 2.05) is 72.4 Å². The molecule has 0 aliphatic rings. The Bertz CT molecular complexity index is 874. The molecular formula is C19H22IN5O. The van der Waals surface area contributed by atoms with Gasteiger partial charge in [-0.1, -0.05) is 18.2 Å². The lowest BCUT2D eigenvalue weighted by atomic mass is 10.2. The quantitative estimate of drug-likeness (QED) is 0.344. The van der Waals surface area contributed by atoms with Crippen LogP contribution in [-0.4, -0.2) is 22.8 Å². The van der Waals surface area contributed by atoms with Gasteiger partial charge in [0, 0.05) is 11.9 Å². The number of anilines is 1. The average molecular weight is 463 g/mol. The second-order valence-corrected chi connectivity index (χ2v) is 5.59. The number of rotatable bonds is 5. The first-order chi connectivity index (χ1) is 12.2. The maximum absolute atomic E-state index is 6.00. The number of nitrogens with two attached hydrogens (primary N) is 1. The first kappa shape index (κ1) is 19.8. The molecule has 1 heterocycles. The maximum Gasteiger partial charge on any atom is 0.193 e. The molecule has 0 aliphatic carbocycles. The lowest BCUT2D eigenvalue weighted by Crippen LogP contribution is -2.22. The van der Waals surface area contributed by atoms with Crippen molar-refractivity contribution >= 4 is 35.6 Å². The summed E-state index contributed by atoms with van der Waals surface area (Å²) in [5.41, 5.74) is 9.88. The van der Waals surface area contributed by atoms with Crippen LogP contribution in [0.1, 0.15) is 11.3 Å². The Hall–Kier alpha value is -2.55. The molecule has 0 atom stereocenters. The van der Waals surface area contributed by atoms with Crippen molar-refractivity contribution in [3.05, 3.63) is 72.1 Å². The molecule has 2 aromatic carbocycles. The van der Waals surface area contributed by atoms with Crippen molar-refractivity contribution in [2.24, 2.45) is 10.7 Å². The Balaban J connectivity index is 0.00000243. The third-order valence-corrected chi connectivity index (χ3v) is 3.74. The van der Waals surface area contributed by atoms with E-state index in [9.17, 15) is 0 Å². The zero-order valence-electron chi connectivity index (χ0n) is 14.7. The minimum absolute atomic E-state index is 0. The smallest absolute Gasteiger partial charge is 0.193 e. The van der Waals surface area contributed by atoms with E-state index in [2.05, 4.69) is 15.4 Å². The van der Waals surface area contributed by atoms with Crippen molar-refractivity contribution in [3.8, 4) is 11.4 Å². The zero-order chi connectivity index (χ0) is 17.6. The number of methoxy groups -OCH3 is 1. The number of aliphatic imine (C=N–C) groups is 1. The predicted molar refractivity (Wildman–Crippen MR) is 116 cm³/mol. The summed E-state index contributed by atoms with van der Waals surface area (Å²) in [7, 11) is 1.64. The van der Waals surface area contributed by atoms with Gasteiger partial charge in [-0.25, -0.2) is 9.67 Å². The van der Waals surface area contributed by atoms with E-state index in [4.69, 9.17) is 10.5 Å². The van der Waals surface area contributed by atoms with Crippen molar-refractivity contribution in [1.29, 1.82) is 0 Å². The van der Waals surface area contributed by atoms with Crippen LogP contribution in [0.3, 0.4) is 0 Å². The van der Waals surface area contributed by atoms with E-state index in [1.165, 1.54) is 0 Å². The largest absolute Gasteiger partial charge is 0.497 e. The number of hydrogen-bond donors (Lipinski definition) is 2. The molecule has 1 aromatic heterocycles. The molecule has 7 heteroatoms. The van der Waals surface area contributed by atoms with E-state index in [0.29, 0.717) is 12.5 Å². The number of guanidine groups is 1. The first-order valence-electron chi connectivity index (χ1n) is 7.97. The Morgan fingerprint density at radius 3 is 2.54 bits per heavy atom. The first-order valence-corrected chi connectivity index (χ1v) is 7.97. The predicted octanol–water partition coefficient (Wildman–Crippen LogP) is 3.73. The van der Waals surface area contributed by atoms with Gasteiger partial charge in [-0.15, -0.1) is 24.0 Å². The molecular weight excluding hydrogens is 441 g/mol. The highest BCUT2D eigenvalue weighted by atomic mass is 127. The summed E-state index contributed by atoms with van der Waals surface area (Å²) in [6, 6.07) is 17.5. The van der Waals surface area contributed by atoms with Crippen molar-refractivity contribution < 1.29 is 4.74 Å². The van der Waals surface area contributed by atoms with Crippen molar-refractivity contribution in [2.45, 2.75) is 13.5 Å². The summed E-state index contributed by atoms with van der Waals surface area (Å²) in [6.07, 6.45) is 1.94. The number of ether oxygens (including phenoxy) is 1. The Labute approximate surface area is 170 Å². The molecule has 0 unspecified atom stereocenters. The van der Waals surface area contributed by atoms with Crippen molar-refractivity contribution in [3.63, 3.8) is 0 Å². The van der Waals surface area contributed by atoms with Crippen molar-refractivity contribution in [1.82, 2.24) is 9.78 Å². The summed E-state index contributed by atoms with van der Waals surface area (Å²) in [5, 5.41) is 7.54. The van der Waals surface area contributed by atoms with Gasteiger partial charge in [0.2, 0.25) is 0 Å². The van der Waals surface area contributed by atoms with E-state index < -0.39 is 0 Å². The summed E-state index contributed by atoms with van der Waals surface area (Å²) in [5.74, 6) is 1.15. The van der Waals surface area contributed by atoms with E-state index in [0.717, 1.165) is 28.4 Å². The Kier molecular flexibility index (Phi) is 7.02. The van der Waals surface area contributed by atoms with Gasteiger partial charge in [0.1, 0.15) is 5.75 Å². The number of halogens is 1. The summed E-state index contributed by atoms with van der Waals surface area (Å²) >= 11 is 0. The molecule has 0 fully saturated rings. The lowest BCUT2D eigenvalue weighted by molar-refractivity contribution is 0.415. The molecule has 26 heavy (non-hydrogen) atoms. The SMILES string of the molecule is COc1ccc(NC(N)=NCc2ccccc2-n2ccc(C)n2)cc1.I.